The number of benzene rings is 6. The van der Waals surface area contributed by atoms with E-state index < -0.39 is 0 Å². The van der Waals surface area contributed by atoms with Gasteiger partial charge in [-0.15, -0.1) is 0 Å². The number of likely N-dealkylation sites (N-methyl/N-ethyl adjacent to an activating group) is 2. The van der Waals surface area contributed by atoms with E-state index in [1.165, 1.54) is 32.7 Å². The molecule has 1 aliphatic heterocycles. The average Bonchev–Trinajstić information content (AvgIpc) is 3.59. The topological polar surface area (TPSA) is 66.4 Å². The molecule has 1 heterocycles. The molecule has 0 unspecified atom stereocenters. The molecule has 0 atom stereocenters. The van der Waals surface area contributed by atoms with Crippen LogP contribution in [-0.2, 0) is 19.4 Å². The number of ether oxygens (including phenoxy) is 5. The van der Waals surface area contributed by atoms with Gasteiger partial charge in [-0.05, 0) is 67.7 Å². The number of hydrogen-bond donors (Lipinski definition) is 1. The van der Waals surface area contributed by atoms with Gasteiger partial charge >= 0.3 is 0 Å². The minimum absolute atomic E-state index is 0. The molecule has 6 aromatic carbocycles. The van der Waals surface area contributed by atoms with E-state index in [4.69, 9.17) is 23.7 Å². The van der Waals surface area contributed by atoms with Crippen molar-refractivity contribution in [3.8, 4) is 28.7 Å². The van der Waals surface area contributed by atoms with Gasteiger partial charge in [0, 0.05) is 29.2 Å². The van der Waals surface area contributed by atoms with E-state index in [0.717, 1.165) is 73.5 Å². The minimum atomic E-state index is -0.0693. The zero-order valence-corrected chi connectivity index (χ0v) is 31.6. The number of fused-ring (bicyclic) bond motifs is 8. The molecule has 0 spiro atoms. The van der Waals surface area contributed by atoms with Crippen LogP contribution < -0.4 is 23.7 Å². The van der Waals surface area contributed by atoms with E-state index in [2.05, 4.69) is 103 Å². The summed E-state index contributed by atoms with van der Waals surface area (Å²) in [6, 6.07) is 25.4. The normalized spacial score (nSPS) is 12.3. The van der Waals surface area contributed by atoms with Crippen LogP contribution in [0.15, 0.2) is 72.8 Å². The summed E-state index contributed by atoms with van der Waals surface area (Å²) >= 11 is 0. The fourth-order valence-electron chi connectivity index (χ4n) is 6.96. The number of aliphatic hydroxyl groups is 1. The van der Waals surface area contributed by atoms with Gasteiger partial charge in [0.05, 0.1) is 83.3 Å². The lowest BCUT2D eigenvalue weighted by molar-refractivity contribution is -0.870. The molecule has 8 nitrogen and oxygen atoms in total. The van der Waals surface area contributed by atoms with Crippen molar-refractivity contribution in [2.75, 3.05) is 83.5 Å². The third kappa shape index (κ3) is 8.57. The van der Waals surface area contributed by atoms with E-state index in [1.54, 1.807) is 21.3 Å². The Bertz CT molecular complexity index is 2220. The van der Waals surface area contributed by atoms with Crippen molar-refractivity contribution in [2.45, 2.75) is 34.3 Å². The highest BCUT2D eigenvalue weighted by molar-refractivity contribution is 6.14. The Morgan fingerprint density at radius 2 is 1.17 bits per heavy atom. The lowest BCUT2D eigenvalue weighted by atomic mass is 9.93. The van der Waals surface area contributed by atoms with Crippen molar-refractivity contribution in [1.29, 1.82) is 0 Å². The predicted molar refractivity (Wildman–Crippen MR) is 221 cm³/mol. The molecule has 0 fully saturated rings. The summed E-state index contributed by atoms with van der Waals surface area (Å²) in [5.41, 5.74) is 3.35. The van der Waals surface area contributed by atoms with Gasteiger partial charge < -0.3 is 37.8 Å². The van der Waals surface area contributed by atoms with Crippen LogP contribution in [0.4, 0.5) is 0 Å². The average molecular weight is 725 g/mol. The third-order valence-corrected chi connectivity index (χ3v) is 9.66. The molecule has 53 heavy (non-hydrogen) atoms. The van der Waals surface area contributed by atoms with Crippen LogP contribution in [0.5, 0.6) is 28.7 Å². The van der Waals surface area contributed by atoms with Crippen molar-refractivity contribution in [3.63, 3.8) is 0 Å². The van der Waals surface area contributed by atoms with Gasteiger partial charge in [0.25, 0.3) is 0 Å². The zero-order chi connectivity index (χ0) is 36.5. The standard InChI is InChI=1S/C23H30NO4.C20H22NO2.2CH4/c1-24(2,3)10-9-16-11-17(14-25)23(28-6)22-18(16)8-7-15-12-20(26-4)21(27-5)13-19(15)22;1-21(2,3)11-10-15-12-18-20(23-13-22-18)19-16-7-5-4-6-14(16)8-9-17(15)19;;/h7-8,11-13,25H,9-10,14H2,1-6H3;4-9,12H,10-11,13H2,1-3H3;2*1H4/q2*+1;;. The van der Waals surface area contributed by atoms with Gasteiger partial charge in [0.15, 0.2) is 23.0 Å². The highest BCUT2D eigenvalue weighted by Gasteiger charge is 2.23. The Kier molecular flexibility index (Phi) is 12.8. The number of aliphatic hydroxyl groups excluding tert-OH is 1. The van der Waals surface area contributed by atoms with Crippen molar-refractivity contribution >= 4 is 43.1 Å². The van der Waals surface area contributed by atoms with Gasteiger partial charge in [-0.25, -0.2) is 0 Å². The second-order valence-corrected chi connectivity index (χ2v) is 15.3. The molecule has 0 amide bonds. The van der Waals surface area contributed by atoms with E-state index >= 15 is 0 Å². The first-order chi connectivity index (χ1) is 24.4. The highest BCUT2D eigenvalue weighted by atomic mass is 16.7. The molecule has 0 radical (unpaired) electrons. The smallest absolute Gasteiger partial charge is 0.231 e. The predicted octanol–water partition coefficient (Wildman–Crippen LogP) is 9.00. The number of quaternary nitrogens is 2. The highest BCUT2D eigenvalue weighted by Crippen LogP contribution is 2.45. The molecule has 0 saturated carbocycles. The van der Waals surface area contributed by atoms with Gasteiger partial charge in [0.1, 0.15) is 5.75 Å². The molecule has 0 aliphatic carbocycles. The molecule has 8 heteroatoms. The second kappa shape index (κ2) is 16.5. The minimum Gasteiger partial charge on any atom is -0.496 e. The maximum absolute atomic E-state index is 9.99. The summed E-state index contributed by atoms with van der Waals surface area (Å²) in [7, 11) is 18.2. The first kappa shape index (κ1) is 41.0. The number of rotatable bonds is 10. The van der Waals surface area contributed by atoms with Crippen LogP contribution in [0, 0.1) is 0 Å². The van der Waals surface area contributed by atoms with Gasteiger partial charge in [-0.1, -0.05) is 63.4 Å². The largest absolute Gasteiger partial charge is 0.496 e. The molecule has 0 bridgehead atoms. The van der Waals surface area contributed by atoms with Crippen molar-refractivity contribution in [1.82, 2.24) is 0 Å². The quantitative estimate of drug-likeness (QED) is 0.112. The Hall–Kier alpha value is -4.76. The van der Waals surface area contributed by atoms with Crippen LogP contribution in [0.1, 0.15) is 31.5 Å². The molecule has 0 saturated heterocycles. The summed E-state index contributed by atoms with van der Waals surface area (Å²) in [5.74, 6) is 3.85. The summed E-state index contributed by atoms with van der Waals surface area (Å²) < 4.78 is 30.1. The molecule has 284 valence electrons. The molecule has 1 aliphatic rings. The van der Waals surface area contributed by atoms with Crippen LogP contribution >= 0.6 is 0 Å². The van der Waals surface area contributed by atoms with Crippen LogP contribution in [0.3, 0.4) is 0 Å². The van der Waals surface area contributed by atoms with Crippen molar-refractivity contribution in [3.05, 3.63) is 89.5 Å². The SMILES string of the molecule is C.C.COc1cc2ccc3c(CC[N+](C)(C)C)cc(CO)c(OC)c3c2cc1OC.C[N+](C)(C)CCc1cc2c(c3c1ccc1ccccc13)OCO2. The van der Waals surface area contributed by atoms with Crippen LogP contribution in [-0.4, -0.2) is 97.6 Å². The third-order valence-electron chi connectivity index (χ3n) is 9.66. The van der Waals surface area contributed by atoms with Gasteiger partial charge in [-0.2, -0.15) is 0 Å². The summed E-state index contributed by atoms with van der Waals surface area (Å²) in [6.07, 6.45) is 1.94. The summed E-state index contributed by atoms with van der Waals surface area (Å²) in [6.45, 7) is 2.32. The van der Waals surface area contributed by atoms with E-state index in [0.29, 0.717) is 24.0 Å². The van der Waals surface area contributed by atoms with Gasteiger partial charge in [0.2, 0.25) is 6.79 Å². The number of hydrogen-bond acceptors (Lipinski definition) is 6. The first-order valence-corrected chi connectivity index (χ1v) is 17.5. The molecular weight excluding hydrogens is 665 g/mol. The fraction of sp³-hybridized carbons (Fsp3) is 0.378. The number of nitrogens with zero attached hydrogens (tertiary/aromatic N) is 2. The van der Waals surface area contributed by atoms with Crippen LogP contribution in [0.2, 0.25) is 0 Å². The molecule has 0 aromatic heterocycles. The monoisotopic (exact) mass is 724 g/mol. The lowest BCUT2D eigenvalue weighted by Gasteiger charge is -2.25. The number of methoxy groups -OCH3 is 3. The second-order valence-electron chi connectivity index (χ2n) is 15.3. The molecule has 6 aromatic rings. The summed E-state index contributed by atoms with van der Waals surface area (Å²) in [5, 5.41) is 19.1. The maximum Gasteiger partial charge on any atom is 0.231 e. The Balaban J connectivity index is 0.000000231. The summed E-state index contributed by atoms with van der Waals surface area (Å²) in [4.78, 5) is 0. The van der Waals surface area contributed by atoms with E-state index in [9.17, 15) is 5.11 Å². The van der Waals surface area contributed by atoms with E-state index in [-0.39, 0.29) is 21.5 Å². The molecule has 7 rings (SSSR count). The fourth-order valence-corrected chi connectivity index (χ4v) is 6.96. The van der Waals surface area contributed by atoms with Crippen molar-refractivity contribution in [2.24, 2.45) is 0 Å². The first-order valence-electron chi connectivity index (χ1n) is 17.5. The lowest BCUT2D eigenvalue weighted by Crippen LogP contribution is -2.36. The Morgan fingerprint density at radius 1 is 0.585 bits per heavy atom. The molecular formula is C45H60N2O6+2. The van der Waals surface area contributed by atoms with Gasteiger partial charge in [-0.3, -0.25) is 0 Å². The van der Waals surface area contributed by atoms with Crippen molar-refractivity contribution < 1.29 is 37.8 Å². The molecule has 1 N–H and O–H groups in total. The zero-order valence-electron chi connectivity index (χ0n) is 31.6. The Morgan fingerprint density at radius 3 is 1.77 bits per heavy atom. The maximum atomic E-state index is 9.99. The van der Waals surface area contributed by atoms with E-state index in [1.807, 2.05) is 12.1 Å². The van der Waals surface area contributed by atoms with Crippen LogP contribution in [0.25, 0.3) is 43.1 Å². The Labute approximate surface area is 316 Å².